The highest BCUT2D eigenvalue weighted by atomic mass is 16.3. The molecule has 3 heteroatoms. The Balaban J connectivity index is 1.53. The van der Waals surface area contributed by atoms with E-state index in [1.165, 1.54) is 25.7 Å². The Kier molecular flexibility index (Phi) is 1.65. The van der Waals surface area contributed by atoms with E-state index < -0.39 is 0 Å². The minimum Gasteiger partial charge on any atom is -0.451 e. The quantitative estimate of drug-likeness (QED) is 0.763. The van der Waals surface area contributed by atoms with Gasteiger partial charge in [-0.15, -0.1) is 0 Å². The molecule has 2 aliphatic carbocycles. The van der Waals surface area contributed by atoms with Crippen LogP contribution in [0.1, 0.15) is 25.0 Å². The van der Waals surface area contributed by atoms with E-state index in [-0.39, 0.29) is 0 Å². The van der Waals surface area contributed by atoms with Crippen molar-refractivity contribution in [2.24, 2.45) is 11.8 Å². The maximum atomic E-state index is 4.92. The van der Waals surface area contributed by atoms with Crippen molar-refractivity contribution in [1.82, 2.24) is 10.3 Å². The fourth-order valence-electron chi connectivity index (χ4n) is 2.52. The molecule has 3 nitrogen and oxygen atoms in total. The van der Waals surface area contributed by atoms with Crippen LogP contribution in [0.3, 0.4) is 0 Å². The monoisotopic (exact) mass is 178 g/mol. The lowest BCUT2D eigenvalue weighted by Gasteiger charge is -2.12. The van der Waals surface area contributed by atoms with E-state index in [2.05, 4.69) is 10.3 Å². The smallest absolute Gasteiger partial charge is 0.180 e. The van der Waals surface area contributed by atoms with E-state index in [1.54, 1.807) is 6.26 Å². The summed E-state index contributed by atoms with van der Waals surface area (Å²) >= 11 is 0. The van der Waals surface area contributed by atoms with Crippen molar-refractivity contribution < 1.29 is 4.42 Å². The molecule has 0 spiro atoms. The van der Waals surface area contributed by atoms with Crippen molar-refractivity contribution in [2.75, 3.05) is 0 Å². The SMILES string of the molecule is c1nc(CNC2CC[C@@H]3C[C@H]23)co1. The standard InChI is InChI=1S/C10H14N2O/c1-2-10(9-3-7(1)9)11-4-8-5-13-6-12-8/h5-7,9-11H,1-4H2/t7-,9+,10?/m1/s1. The summed E-state index contributed by atoms with van der Waals surface area (Å²) in [6.07, 6.45) is 7.45. The molecule has 0 saturated heterocycles. The maximum absolute atomic E-state index is 4.92. The predicted octanol–water partition coefficient (Wildman–Crippen LogP) is 1.56. The summed E-state index contributed by atoms with van der Waals surface area (Å²) in [5, 5.41) is 3.55. The number of oxazole rings is 1. The van der Waals surface area contributed by atoms with Crippen molar-refractivity contribution in [3.05, 3.63) is 18.4 Å². The zero-order chi connectivity index (χ0) is 8.67. The van der Waals surface area contributed by atoms with Gasteiger partial charge in [-0.3, -0.25) is 0 Å². The van der Waals surface area contributed by atoms with Crippen LogP contribution in [0.4, 0.5) is 0 Å². The summed E-state index contributed by atoms with van der Waals surface area (Å²) < 4.78 is 4.92. The Hall–Kier alpha value is -0.830. The lowest BCUT2D eigenvalue weighted by atomic mass is 10.2. The number of fused-ring (bicyclic) bond motifs is 1. The van der Waals surface area contributed by atoms with Crippen molar-refractivity contribution in [3.63, 3.8) is 0 Å². The van der Waals surface area contributed by atoms with Crippen LogP contribution in [-0.2, 0) is 6.54 Å². The van der Waals surface area contributed by atoms with Crippen LogP contribution in [0.25, 0.3) is 0 Å². The highest BCUT2D eigenvalue weighted by molar-refractivity contribution is 5.02. The topological polar surface area (TPSA) is 38.1 Å². The second-order valence-corrected chi connectivity index (χ2v) is 4.20. The Morgan fingerprint density at radius 3 is 3.15 bits per heavy atom. The van der Waals surface area contributed by atoms with Crippen molar-refractivity contribution >= 4 is 0 Å². The predicted molar refractivity (Wildman–Crippen MR) is 48.0 cm³/mol. The molecule has 1 aromatic heterocycles. The largest absolute Gasteiger partial charge is 0.451 e. The molecule has 1 unspecified atom stereocenters. The summed E-state index contributed by atoms with van der Waals surface area (Å²) in [5.41, 5.74) is 1.02. The molecule has 13 heavy (non-hydrogen) atoms. The van der Waals surface area contributed by atoms with Gasteiger partial charge in [0.15, 0.2) is 6.39 Å². The van der Waals surface area contributed by atoms with Gasteiger partial charge in [0.2, 0.25) is 0 Å². The van der Waals surface area contributed by atoms with Crippen LogP contribution < -0.4 is 5.32 Å². The highest BCUT2D eigenvalue weighted by Gasteiger charge is 2.47. The number of hydrogen-bond acceptors (Lipinski definition) is 3. The van der Waals surface area contributed by atoms with Gasteiger partial charge in [0.25, 0.3) is 0 Å². The Morgan fingerprint density at radius 1 is 1.54 bits per heavy atom. The lowest BCUT2D eigenvalue weighted by Crippen LogP contribution is -2.28. The maximum Gasteiger partial charge on any atom is 0.180 e. The highest BCUT2D eigenvalue weighted by Crippen LogP contribution is 2.51. The third-order valence-corrected chi connectivity index (χ3v) is 3.37. The fraction of sp³-hybridized carbons (Fsp3) is 0.700. The Bertz CT molecular complexity index is 283. The summed E-state index contributed by atoms with van der Waals surface area (Å²) in [5.74, 6) is 2.03. The van der Waals surface area contributed by atoms with Crippen molar-refractivity contribution in [2.45, 2.75) is 31.8 Å². The molecule has 0 amide bonds. The van der Waals surface area contributed by atoms with Crippen LogP contribution in [0.15, 0.2) is 17.1 Å². The third kappa shape index (κ3) is 1.37. The zero-order valence-electron chi connectivity index (χ0n) is 7.57. The van der Waals surface area contributed by atoms with Gasteiger partial charge in [0, 0.05) is 12.6 Å². The van der Waals surface area contributed by atoms with Crippen LogP contribution in [0.2, 0.25) is 0 Å². The molecule has 2 aliphatic rings. The van der Waals surface area contributed by atoms with Gasteiger partial charge in [-0.1, -0.05) is 0 Å². The fourth-order valence-corrected chi connectivity index (χ4v) is 2.52. The minimum atomic E-state index is 0.752. The van der Waals surface area contributed by atoms with Gasteiger partial charge >= 0.3 is 0 Å². The molecule has 1 N–H and O–H groups in total. The van der Waals surface area contributed by atoms with E-state index >= 15 is 0 Å². The molecular weight excluding hydrogens is 164 g/mol. The van der Waals surface area contributed by atoms with Crippen molar-refractivity contribution in [1.29, 1.82) is 0 Å². The minimum absolute atomic E-state index is 0.752. The van der Waals surface area contributed by atoms with Gasteiger partial charge in [0.1, 0.15) is 6.26 Å². The van der Waals surface area contributed by atoms with Gasteiger partial charge in [-0.2, -0.15) is 0 Å². The molecule has 2 saturated carbocycles. The first-order chi connectivity index (χ1) is 6.43. The van der Waals surface area contributed by atoms with Gasteiger partial charge in [-0.25, -0.2) is 4.98 Å². The number of nitrogens with one attached hydrogen (secondary N) is 1. The Labute approximate surface area is 77.5 Å². The molecule has 0 radical (unpaired) electrons. The molecule has 3 rings (SSSR count). The van der Waals surface area contributed by atoms with E-state index in [1.807, 2.05) is 0 Å². The van der Waals surface area contributed by atoms with E-state index in [9.17, 15) is 0 Å². The summed E-state index contributed by atoms with van der Waals surface area (Å²) in [6.45, 7) is 0.865. The average Bonchev–Trinajstić information content (AvgIpc) is 2.64. The second-order valence-electron chi connectivity index (χ2n) is 4.20. The molecule has 0 aliphatic heterocycles. The molecule has 1 heterocycles. The molecule has 3 atom stereocenters. The second kappa shape index (κ2) is 2.84. The first-order valence-corrected chi connectivity index (χ1v) is 5.04. The lowest BCUT2D eigenvalue weighted by molar-refractivity contribution is 0.470. The van der Waals surface area contributed by atoms with Crippen LogP contribution in [-0.4, -0.2) is 11.0 Å². The first-order valence-electron chi connectivity index (χ1n) is 5.04. The van der Waals surface area contributed by atoms with Crippen LogP contribution >= 0.6 is 0 Å². The number of rotatable bonds is 3. The normalized spacial score (nSPS) is 36.2. The van der Waals surface area contributed by atoms with Gasteiger partial charge < -0.3 is 9.73 Å². The summed E-state index contributed by atoms with van der Waals surface area (Å²) in [6, 6.07) is 0.752. The molecule has 70 valence electrons. The average molecular weight is 178 g/mol. The third-order valence-electron chi connectivity index (χ3n) is 3.37. The van der Waals surface area contributed by atoms with Crippen LogP contribution in [0, 0.1) is 11.8 Å². The van der Waals surface area contributed by atoms with E-state index in [0.717, 1.165) is 30.1 Å². The molecule has 1 aromatic rings. The Morgan fingerprint density at radius 2 is 2.54 bits per heavy atom. The molecule has 2 fully saturated rings. The van der Waals surface area contributed by atoms with Gasteiger partial charge in [0.05, 0.1) is 5.69 Å². The molecule has 0 bridgehead atoms. The number of hydrogen-bond donors (Lipinski definition) is 1. The van der Waals surface area contributed by atoms with Crippen molar-refractivity contribution in [3.8, 4) is 0 Å². The van der Waals surface area contributed by atoms with E-state index in [0.29, 0.717) is 0 Å². The van der Waals surface area contributed by atoms with E-state index in [4.69, 9.17) is 4.42 Å². The van der Waals surface area contributed by atoms with Crippen LogP contribution in [0.5, 0.6) is 0 Å². The molecular formula is C10H14N2O. The first kappa shape index (κ1) is 7.56. The number of nitrogens with zero attached hydrogens (tertiary/aromatic N) is 1. The van der Waals surface area contributed by atoms with Gasteiger partial charge in [-0.05, 0) is 31.1 Å². The summed E-state index contributed by atoms with van der Waals surface area (Å²) in [7, 11) is 0. The summed E-state index contributed by atoms with van der Waals surface area (Å²) in [4.78, 5) is 4.09. The number of aromatic nitrogens is 1. The zero-order valence-corrected chi connectivity index (χ0v) is 7.57. The molecule has 0 aromatic carbocycles.